The summed E-state index contributed by atoms with van der Waals surface area (Å²) in [6.45, 7) is 8.19. The monoisotopic (exact) mass is 425 g/mol. The topological polar surface area (TPSA) is 90.3 Å². The molecule has 30 heavy (non-hydrogen) atoms. The third-order valence-electron chi connectivity index (χ3n) is 4.91. The summed E-state index contributed by atoms with van der Waals surface area (Å²) in [6.07, 6.45) is 2.34. The van der Waals surface area contributed by atoms with Gasteiger partial charge in [0.05, 0.1) is 18.3 Å². The molecule has 7 nitrogen and oxygen atoms in total. The Hall–Kier alpha value is -2.89. The Morgan fingerprint density at radius 1 is 1.50 bits per heavy atom. The summed E-state index contributed by atoms with van der Waals surface area (Å²) in [4.78, 5) is 20.7. The summed E-state index contributed by atoms with van der Waals surface area (Å²) < 4.78 is 5.68. The van der Waals surface area contributed by atoms with Crippen molar-refractivity contribution in [2.75, 3.05) is 25.5 Å². The van der Waals surface area contributed by atoms with E-state index in [0.717, 1.165) is 42.1 Å². The van der Waals surface area contributed by atoms with Crippen molar-refractivity contribution in [3.05, 3.63) is 51.7 Å². The minimum Gasteiger partial charge on any atom is -0.494 e. The molecular formula is C22H27N5O2S. The van der Waals surface area contributed by atoms with Gasteiger partial charge in [0, 0.05) is 36.2 Å². The van der Waals surface area contributed by atoms with Crippen LogP contribution >= 0.6 is 11.3 Å². The number of carbonyl (C=O) groups excluding carboxylic acids is 1. The normalized spacial score (nSPS) is 15.1. The Labute approximate surface area is 181 Å². The van der Waals surface area contributed by atoms with Crippen molar-refractivity contribution in [1.29, 1.82) is 5.26 Å². The lowest BCUT2D eigenvalue weighted by atomic mass is 10.0. The smallest absolute Gasteiger partial charge is 0.263 e. The molecule has 1 aromatic heterocycles. The molecule has 0 radical (unpaired) electrons. The van der Waals surface area contributed by atoms with Crippen LogP contribution in [0.25, 0.3) is 0 Å². The minimum absolute atomic E-state index is 0.00208. The number of rotatable bonds is 7. The fraction of sp³-hybridized carbons (Fsp3) is 0.409. The summed E-state index contributed by atoms with van der Waals surface area (Å²) >= 11 is 1.56. The highest BCUT2D eigenvalue weighted by Gasteiger charge is 2.19. The molecule has 2 heterocycles. The fourth-order valence-electron chi connectivity index (χ4n) is 3.31. The lowest BCUT2D eigenvalue weighted by molar-refractivity contribution is -0.117. The van der Waals surface area contributed by atoms with Crippen molar-refractivity contribution in [2.45, 2.75) is 39.8 Å². The molecule has 1 amide bonds. The van der Waals surface area contributed by atoms with E-state index in [-0.39, 0.29) is 11.6 Å². The summed E-state index contributed by atoms with van der Waals surface area (Å²) in [5.74, 6) is 0.289. The average Bonchev–Trinajstić information content (AvgIpc) is 3.11. The number of fused-ring (bicyclic) bond motifs is 1. The fourth-order valence-corrected chi connectivity index (χ4v) is 4.37. The van der Waals surface area contributed by atoms with E-state index < -0.39 is 5.91 Å². The number of aryl methyl sites for hydroxylation is 1. The van der Waals surface area contributed by atoms with E-state index in [9.17, 15) is 10.1 Å². The van der Waals surface area contributed by atoms with E-state index in [1.807, 2.05) is 45.0 Å². The van der Waals surface area contributed by atoms with Crippen molar-refractivity contribution >= 4 is 22.4 Å². The Morgan fingerprint density at radius 3 is 3.03 bits per heavy atom. The van der Waals surface area contributed by atoms with Gasteiger partial charge in [-0.25, -0.2) is 4.98 Å². The first-order valence-electron chi connectivity index (χ1n) is 9.99. The number of benzene rings is 1. The molecule has 8 heteroatoms. The average molecular weight is 426 g/mol. The molecule has 0 saturated heterocycles. The number of nitrogens with one attached hydrogen (secondary N) is 2. The first-order chi connectivity index (χ1) is 14.4. The zero-order valence-corrected chi connectivity index (χ0v) is 18.6. The van der Waals surface area contributed by atoms with Crippen LogP contribution in [0.5, 0.6) is 5.75 Å². The van der Waals surface area contributed by atoms with Crippen LogP contribution in [0.3, 0.4) is 0 Å². The summed E-state index contributed by atoms with van der Waals surface area (Å²) in [7, 11) is 2.08. The van der Waals surface area contributed by atoms with Crippen LogP contribution in [0, 0.1) is 18.3 Å². The molecule has 0 aliphatic carbocycles. The number of hydrogen-bond donors (Lipinski definition) is 2. The number of ether oxygens (including phenoxy) is 1. The maximum absolute atomic E-state index is 12.7. The quantitative estimate of drug-likeness (QED) is 0.521. The van der Waals surface area contributed by atoms with Gasteiger partial charge in [-0.15, -0.1) is 11.3 Å². The second-order valence-corrected chi connectivity index (χ2v) is 8.44. The molecule has 2 N–H and O–H groups in total. The molecule has 1 aliphatic rings. The Bertz CT molecular complexity index is 992. The van der Waals surface area contributed by atoms with Crippen LogP contribution in [-0.2, 0) is 17.8 Å². The molecule has 158 valence electrons. The number of likely N-dealkylation sites (N-methyl/N-ethyl adjacent to an activating group) is 1. The minimum atomic E-state index is -0.442. The van der Waals surface area contributed by atoms with Crippen molar-refractivity contribution in [1.82, 2.24) is 15.2 Å². The molecule has 2 aromatic rings. The summed E-state index contributed by atoms with van der Waals surface area (Å²) in [6, 6.07) is 7.53. The zero-order valence-electron chi connectivity index (χ0n) is 17.8. The number of amides is 1. The van der Waals surface area contributed by atoms with Gasteiger partial charge >= 0.3 is 0 Å². The van der Waals surface area contributed by atoms with Gasteiger partial charge in [-0.3, -0.25) is 4.79 Å². The zero-order chi connectivity index (χ0) is 21.7. The lowest BCUT2D eigenvalue weighted by Gasteiger charge is -2.20. The molecular weight excluding hydrogens is 398 g/mol. The van der Waals surface area contributed by atoms with Crippen LogP contribution in [0.2, 0.25) is 0 Å². The Morgan fingerprint density at radius 2 is 2.30 bits per heavy atom. The van der Waals surface area contributed by atoms with Gasteiger partial charge in [-0.2, -0.15) is 5.26 Å². The Kier molecular flexibility index (Phi) is 7.08. The van der Waals surface area contributed by atoms with Crippen LogP contribution in [0.15, 0.2) is 30.0 Å². The Balaban J connectivity index is 1.69. The number of hydrogen-bond acceptors (Lipinski definition) is 7. The van der Waals surface area contributed by atoms with Crippen molar-refractivity contribution in [2.24, 2.45) is 0 Å². The molecule has 0 fully saturated rings. The van der Waals surface area contributed by atoms with Gasteiger partial charge in [-0.05, 0) is 33.9 Å². The molecule has 1 atom stereocenters. The highest BCUT2D eigenvalue weighted by atomic mass is 32.1. The molecule has 0 spiro atoms. The molecule has 0 bridgehead atoms. The lowest BCUT2D eigenvalue weighted by Crippen LogP contribution is -2.28. The van der Waals surface area contributed by atoms with Gasteiger partial charge in [0.15, 0.2) is 5.13 Å². The third kappa shape index (κ3) is 5.17. The SMILES string of the molecule is CCOc1ccc(C)cc1C(C)NC(=O)/C(C#N)=C\Nc1nc2c(s1)CN(C)CC2. The van der Waals surface area contributed by atoms with E-state index >= 15 is 0 Å². The largest absolute Gasteiger partial charge is 0.494 e. The van der Waals surface area contributed by atoms with Crippen molar-refractivity contribution in [3.8, 4) is 11.8 Å². The van der Waals surface area contributed by atoms with E-state index in [2.05, 4.69) is 27.6 Å². The molecule has 3 rings (SSSR count). The highest BCUT2D eigenvalue weighted by Crippen LogP contribution is 2.28. The number of nitriles is 1. The highest BCUT2D eigenvalue weighted by molar-refractivity contribution is 7.15. The third-order valence-corrected chi connectivity index (χ3v) is 5.92. The maximum Gasteiger partial charge on any atom is 0.263 e. The molecule has 1 unspecified atom stereocenters. The van der Waals surface area contributed by atoms with Gasteiger partial charge in [0.1, 0.15) is 17.4 Å². The van der Waals surface area contributed by atoms with Crippen molar-refractivity contribution in [3.63, 3.8) is 0 Å². The summed E-state index contributed by atoms with van der Waals surface area (Å²) in [5, 5.41) is 16.1. The van der Waals surface area contributed by atoms with E-state index in [4.69, 9.17) is 4.74 Å². The number of anilines is 1. The molecule has 1 aliphatic heterocycles. The molecule has 0 saturated carbocycles. The maximum atomic E-state index is 12.7. The van der Waals surface area contributed by atoms with Gasteiger partial charge in [0.25, 0.3) is 5.91 Å². The molecule has 1 aromatic carbocycles. The number of nitrogens with zero attached hydrogens (tertiary/aromatic N) is 3. The standard InChI is InChI=1S/C22H27N5O2S/c1-5-29-19-7-6-14(2)10-17(19)15(3)25-21(28)16(11-23)12-24-22-26-18-8-9-27(4)13-20(18)30-22/h6-7,10,12,15H,5,8-9,13H2,1-4H3,(H,24,26)(H,25,28)/b16-12-. The van der Waals surface area contributed by atoms with Crippen LogP contribution in [-0.4, -0.2) is 36.0 Å². The van der Waals surface area contributed by atoms with Crippen LogP contribution in [0.4, 0.5) is 5.13 Å². The van der Waals surface area contributed by atoms with Crippen LogP contribution < -0.4 is 15.4 Å². The van der Waals surface area contributed by atoms with Gasteiger partial charge in [-0.1, -0.05) is 17.7 Å². The predicted octanol–water partition coefficient (Wildman–Crippen LogP) is 3.53. The summed E-state index contributed by atoms with van der Waals surface area (Å²) in [5.41, 5.74) is 3.05. The van der Waals surface area contributed by atoms with Crippen LogP contribution in [0.1, 0.15) is 41.6 Å². The number of aromatic nitrogens is 1. The van der Waals surface area contributed by atoms with E-state index in [1.54, 1.807) is 11.3 Å². The number of thiazole rings is 1. The van der Waals surface area contributed by atoms with Gasteiger partial charge in [0.2, 0.25) is 0 Å². The van der Waals surface area contributed by atoms with E-state index in [1.165, 1.54) is 11.1 Å². The van der Waals surface area contributed by atoms with Gasteiger partial charge < -0.3 is 20.3 Å². The van der Waals surface area contributed by atoms with Crippen molar-refractivity contribution < 1.29 is 9.53 Å². The predicted molar refractivity (Wildman–Crippen MR) is 118 cm³/mol. The first-order valence-corrected chi connectivity index (χ1v) is 10.8. The second kappa shape index (κ2) is 9.74. The number of carbonyl (C=O) groups is 1. The second-order valence-electron chi connectivity index (χ2n) is 7.36. The van der Waals surface area contributed by atoms with E-state index in [0.29, 0.717) is 11.7 Å². The first kappa shape index (κ1) is 21.8.